The molecule has 14 aromatic rings. The van der Waals surface area contributed by atoms with E-state index in [9.17, 15) is 0 Å². The van der Waals surface area contributed by atoms with Crippen LogP contribution in [-0.4, -0.2) is 9.13 Å². The summed E-state index contributed by atoms with van der Waals surface area (Å²) in [5.74, 6) is 0. The van der Waals surface area contributed by atoms with Gasteiger partial charge in [0, 0.05) is 49.7 Å². The first kappa shape index (κ1) is 40.6. The van der Waals surface area contributed by atoms with Crippen molar-refractivity contribution in [3.63, 3.8) is 0 Å². The lowest BCUT2D eigenvalue weighted by molar-refractivity contribution is 1.18. The van der Waals surface area contributed by atoms with Gasteiger partial charge in [-0.15, -0.1) is 0 Å². The lowest BCUT2D eigenvalue weighted by Crippen LogP contribution is -2.10. The standard InChI is InChI=1S/C68H45N3/c1-4-20-54(21-5-1)69(63-30-16-19-47-17-10-12-26-58(47)63)57-36-31-46(32-37-57)51-41-52(49-34-38-65-61(44-49)60-28-14-15-29-64(60)70(65)55-22-6-2-7-23-55)43-53(42-51)50-35-39-66-62(45-50)68-59-27-13-11-18-48(59)33-40-67(68)71(66)56-24-8-3-9-25-56/h1-45H. The molecule has 0 N–H and O–H groups in total. The first-order valence-corrected chi connectivity index (χ1v) is 24.4. The van der Waals surface area contributed by atoms with E-state index in [4.69, 9.17) is 0 Å². The van der Waals surface area contributed by atoms with Gasteiger partial charge in [0.25, 0.3) is 0 Å². The Morgan fingerprint density at radius 2 is 0.690 bits per heavy atom. The van der Waals surface area contributed by atoms with E-state index < -0.39 is 0 Å². The second kappa shape index (κ2) is 16.7. The Kier molecular flexibility index (Phi) is 9.53. The maximum absolute atomic E-state index is 2.42. The van der Waals surface area contributed by atoms with Crippen molar-refractivity contribution in [2.24, 2.45) is 0 Å². The van der Waals surface area contributed by atoms with Gasteiger partial charge in [-0.3, -0.25) is 0 Å². The SMILES string of the molecule is c1ccc(N(c2ccc(-c3cc(-c4ccc5c(c4)c4ccccc4n5-c4ccccc4)cc(-c4ccc5c(c4)c4c6ccccc6ccc4n5-c4ccccc4)c3)cc2)c2cccc3ccccc23)cc1. The van der Waals surface area contributed by atoms with Gasteiger partial charge < -0.3 is 14.0 Å². The Morgan fingerprint density at radius 3 is 1.37 bits per heavy atom. The summed E-state index contributed by atoms with van der Waals surface area (Å²) in [4.78, 5) is 2.37. The number of nitrogens with zero attached hydrogens (tertiary/aromatic N) is 3. The fourth-order valence-electron chi connectivity index (χ4n) is 11.2. The van der Waals surface area contributed by atoms with Crippen LogP contribution < -0.4 is 4.90 Å². The molecule has 0 saturated carbocycles. The van der Waals surface area contributed by atoms with Crippen molar-refractivity contribution in [3.8, 4) is 44.8 Å². The van der Waals surface area contributed by atoms with E-state index in [1.165, 1.54) is 81.8 Å². The first-order valence-electron chi connectivity index (χ1n) is 24.4. The molecule has 3 nitrogen and oxygen atoms in total. The highest BCUT2D eigenvalue weighted by Crippen LogP contribution is 2.43. The molecule has 2 aromatic heterocycles. The summed E-state index contributed by atoms with van der Waals surface area (Å²) in [5.41, 5.74) is 17.4. The molecule has 0 fully saturated rings. The van der Waals surface area contributed by atoms with Crippen LogP contribution in [0.4, 0.5) is 17.1 Å². The van der Waals surface area contributed by atoms with E-state index in [1.807, 2.05) is 0 Å². The maximum atomic E-state index is 2.42. The van der Waals surface area contributed by atoms with Crippen LogP contribution in [-0.2, 0) is 0 Å². The van der Waals surface area contributed by atoms with Crippen molar-refractivity contribution in [3.05, 3.63) is 273 Å². The quantitative estimate of drug-likeness (QED) is 0.148. The third-order valence-corrected chi connectivity index (χ3v) is 14.4. The van der Waals surface area contributed by atoms with Gasteiger partial charge in [-0.05, 0) is 159 Å². The summed E-state index contributed by atoms with van der Waals surface area (Å²) < 4.78 is 4.81. The Morgan fingerprint density at radius 1 is 0.239 bits per heavy atom. The smallest absolute Gasteiger partial charge is 0.0547 e. The number of para-hydroxylation sites is 4. The molecule has 12 aromatic carbocycles. The number of hydrogen-bond donors (Lipinski definition) is 0. The van der Waals surface area contributed by atoms with Crippen LogP contribution >= 0.6 is 0 Å². The Balaban J connectivity index is 0.969. The zero-order chi connectivity index (χ0) is 46.8. The fraction of sp³-hybridized carbons (Fsp3) is 0. The van der Waals surface area contributed by atoms with E-state index in [-0.39, 0.29) is 0 Å². The van der Waals surface area contributed by atoms with Crippen molar-refractivity contribution in [2.45, 2.75) is 0 Å². The molecular formula is C68H45N3. The lowest BCUT2D eigenvalue weighted by Gasteiger charge is -2.27. The minimum atomic E-state index is 1.10. The average Bonchev–Trinajstić information content (AvgIpc) is 3.97. The van der Waals surface area contributed by atoms with Crippen molar-refractivity contribution in [1.82, 2.24) is 9.13 Å². The number of benzene rings is 12. The van der Waals surface area contributed by atoms with E-state index >= 15 is 0 Å². The highest BCUT2D eigenvalue weighted by Gasteiger charge is 2.20. The topological polar surface area (TPSA) is 13.1 Å². The highest BCUT2D eigenvalue weighted by atomic mass is 15.1. The van der Waals surface area contributed by atoms with E-state index in [0.29, 0.717) is 0 Å². The Hall–Kier alpha value is -9.44. The molecule has 0 atom stereocenters. The van der Waals surface area contributed by atoms with Gasteiger partial charge in [-0.25, -0.2) is 0 Å². The Bertz CT molecular complexity index is 4310. The number of fused-ring (bicyclic) bond motifs is 9. The number of hydrogen-bond acceptors (Lipinski definition) is 1. The van der Waals surface area contributed by atoms with Crippen LogP contribution in [0.2, 0.25) is 0 Å². The predicted molar refractivity (Wildman–Crippen MR) is 301 cm³/mol. The summed E-state index contributed by atoms with van der Waals surface area (Å²) >= 11 is 0. The molecule has 0 aliphatic rings. The summed E-state index contributed by atoms with van der Waals surface area (Å²) in [6, 6.07) is 99.8. The van der Waals surface area contributed by atoms with Crippen LogP contribution in [0.15, 0.2) is 273 Å². The average molecular weight is 904 g/mol. The molecule has 0 spiro atoms. The molecule has 0 aliphatic carbocycles. The number of rotatable bonds is 8. The van der Waals surface area contributed by atoms with Crippen LogP contribution in [0.1, 0.15) is 0 Å². The van der Waals surface area contributed by atoms with Crippen LogP contribution in [0.3, 0.4) is 0 Å². The van der Waals surface area contributed by atoms with Gasteiger partial charge in [0.05, 0.1) is 27.8 Å². The van der Waals surface area contributed by atoms with Crippen molar-refractivity contribution < 1.29 is 0 Å². The summed E-state index contributed by atoms with van der Waals surface area (Å²) in [6.45, 7) is 0. The van der Waals surface area contributed by atoms with Crippen LogP contribution in [0, 0.1) is 0 Å². The van der Waals surface area contributed by atoms with Gasteiger partial charge in [-0.1, -0.05) is 164 Å². The molecule has 0 unspecified atom stereocenters. The lowest BCUT2D eigenvalue weighted by atomic mass is 9.92. The molecule has 0 bridgehead atoms. The van der Waals surface area contributed by atoms with Crippen molar-refractivity contribution in [1.29, 1.82) is 0 Å². The minimum absolute atomic E-state index is 1.10. The molecule has 2 heterocycles. The monoisotopic (exact) mass is 903 g/mol. The molecule has 0 radical (unpaired) electrons. The molecule has 3 heteroatoms. The largest absolute Gasteiger partial charge is 0.310 e. The Labute approximate surface area is 412 Å². The second-order valence-electron chi connectivity index (χ2n) is 18.5. The van der Waals surface area contributed by atoms with Gasteiger partial charge in [0.15, 0.2) is 0 Å². The zero-order valence-electron chi connectivity index (χ0n) is 38.8. The van der Waals surface area contributed by atoms with E-state index in [0.717, 1.165) is 45.1 Å². The second-order valence-corrected chi connectivity index (χ2v) is 18.5. The summed E-state index contributed by atoms with van der Waals surface area (Å²) in [7, 11) is 0. The van der Waals surface area contributed by atoms with Gasteiger partial charge in [0.2, 0.25) is 0 Å². The van der Waals surface area contributed by atoms with E-state index in [2.05, 4.69) is 287 Å². The molecular weight excluding hydrogens is 859 g/mol. The first-order chi connectivity index (χ1) is 35.2. The van der Waals surface area contributed by atoms with Crippen LogP contribution in [0.5, 0.6) is 0 Å². The highest BCUT2D eigenvalue weighted by molar-refractivity contribution is 6.22. The predicted octanol–water partition coefficient (Wildman–Crippen LogP) is 18.7. The van der Waals surface area contributed by atoms with Gasteiger partial charge in [0.1, 0.15) is 0 Å². The van der Waals surface area contributed by atoms with Crippen molar-refractivity contribution >= 4 is 82.2 Å². The number of aromatic nitrogens is 2. The zero-order valence-corrected chi connectivity index (χ0v) is 38.8. The van der Waals surface area contributed by atoms with Crippen LogP contribution in [0.25, 0.3) is 110 Å². The molecule has 0 saturated heterocycles. The minimum Gasteiger partial charge on any atom is -0.310 e. The summed E-state index contributed by atoms with van der Waals surface area (Å²) in [5, 5.41) is 9.89. The molecule has 14 rings (SSSR count). The molecule has 332 valence electrons. The molecule has 0 aliphatic heterocycles. The van der Waals surface area contributed by atoms with E-state index in [1.54, 1.807) is 0 Å². The van der Waals surface area contributed by atoms with Gasteiger partial charge >= 0.3 is 0 Å². The normalized spacial score (nSPS) is 11.7. The maximum Gasteiger partial charge on any atom is 0.0547 e. The molecule has 0 amide bonds. The molecule has 71 heavy (non-hydrogen) atoms. The fourth-order valence-corrected chi connectivity index (χ4v) is 11.2. The third-order valence-electron chi connectivity index (χ3n) is 14.4. The summed E-state index contributed by atoms with van der Waals surface area (Å²) in [6.07, 6.45) is 0. The third kappa shape index (κ3) is 6.82. The van der Waals surface area contributed by atoms with Crippen molar-refractivity contribution in [2.75, 3.05) is 4.90 Å². The van der Waals surface area contributed by atoms with Gasteiger partial charge in [-0.2, -0.15) is 0 Å². The number of anilines is 3.